The van der Waals surface area contributed by atoms with E-state index in [1.807, 2.05) is 6.92 Å². The molecule has 1 aromatic carbocycles. The standard InChI is InChI=1S/C14H18O5S/c1-10(2)14(15)18-9-12(4)19-20(16,17)13-7-5-11(3)6-8-13/h5-8,12H,1,9H2,2-4H3. The zero-order chi connectivity index (χ0) is 15.3. The molecule has 0 aliphatic rings. The lowest BCUT2D eigenvalue weighted by atomic mass is 10.2. The highest BCUT2D eigenvalue weighted by Crippen LogP contribution is 2.15. The van der Waals surface area contributed by atoms with Gasteiger partial charge < -0.3 is 4.74 Å². The van der Waals surface area contributed by atoms with Gasteiger partial charge in [0.25, 0.3) is 10.1 Å². The molecule has 0 fully saturated rings. The average Bonchev–Trinajstić information content (AvgIpc) is 2.35. The first-order chi connectivity index (χ1) is 9.22. The third kappa shape index (κ3) is 4.79. The first kappa shape index (κ1) is 16.4. The van der Waals surface area contributed by atoms with Crippen LogP contribution >= 0.6 is 0 Å². The predicted octanol–water partition coefficient (Wildman–Crippen LogP) is 2.21. The quantitative estimate of drug-likeness (QED) is 0.457. The molecule has 0 aliphatic heterocycles. The minimum Gasteiger partial charge on any atom is -0.460 e. The summed E-state index contributed by atoms with van der Waals surface area (Å²) in [4.78, 5) is 11.3. The smallest absolute Gasteiger partial charge is 0.333 e. The molecule has 0 spiro atoms. The van der Waals surface area contributed by atoms with Crippen molar-refractivity contribution >= 4 is 16.1 Å². The molecule has 0 bridgehead atoms. The van der Waals surface area contributed by atoms with Gasteiger partial charge in [-0.25, -0.2) is 4.79 Å². The van der Waals surface area contributed by atoms with Crippen LogP contribution in [0.5, 0.6) is 0 Å². The Morgan fingerprint density at radius 3 is 2.35 bits per heavy atom. The molecule has 6 heteroatoms. The molecule has 20 heavy (non-hydrogen) atoms. The van der Waals surface area contributed by atoms with Crippen molar-refractivity contribution in [1.29, 1.82) is 0 Å². The number of benzene rings is 1. The second kappa shape index (κ2) is 6.67. The zero-order valence-corrected chi connectivity index (χ0v) is 12.6. The number of carbonyl (C=O) groups is 1. The fourth-order valence-electron chi connectivity index (χ4n) is 1.32. The van der Waals surface area contributed by atoms with E-state index in [0.717, 1.165) is 5.56 Å². The van der Waals surface area contributed by atoms with Crippen LogP contribution in [0.1, 0.15) is 19.4 Å². The first-order valence-corrected chi connectivity index (χ1v) is 7.46. The number of aryl methyl sites for hydroxylation is 1. The van der Waals surface area contributed by atoms with Gasteiger partial charge in [0.1, 0.15) is 12.7 Å². The molecular formula is C14H18O5S. The molecule has 0 amide bonds. The summed E-state index contributed by atoms with van der Waals surface area (Å²) < 4.78 is 33.7. The Hall–Kier alpha value is -1.66. The third-order valence-corrected chi connectivity index (χ3v) is 3.83. The summed E-state index contributed by atoms with van der Waals surface area (Å²) in [6, 6.07) is 6.30. The van der Waals surface area contributed by atoms with Gasteiger partial charge in [0.2, 0.25) is 0 Å². The van der Waals surface area contributed by atoms with Gasteiger partial charge in [0.05, 0.1) is 4.90 Å². The summed E-state index contributed by atoms with van der Waals surface area (Å²) in [5.41, 5.74) is 1.20. The van der Waals surface area contributed by atoms with Crippen LogP contribution in [0.4, 0.5) is 0 Å². The molecule has 0 heterocycles. The van der Waals surface area contributed by atoms with Gasteiger partial charge in [-0.15, -0.1) is 0 Å². The van der Waals surface area contributed by atoms with Crippen LogP contribution in [0, 0.1) is 6.92 Å². The second-order valence-corrected chi connectivity index (χ2v) is 6.12. The van der Waals surface area contributed by atoms with Gasteiger partial charge in [-0.05, 0) is 32.9 Å². The summed E-state index contributed by atoms with van der Waals surface area (Å²) in [7, 11) is -3.86. The Bertz CT molecular complexity index is 586. The van der Waals surface area contributed by atoms with Crippen LogP contribution in [-0.2, 0) is 23.8 Å². The van der Waals surface area contributed by atoms with Crippen LogP contribution < -0.4 is 0 Å². The van der Waals surface area contributed by atoms with E-state index >= 15 is 0 Å². The van der Waals surface area contributed by atoms with E-state index < -0.39 is 22.2 Å². The number of carbonyl (C=O) groups excluding carboxylic acids is 1. The van der Waals surface area contributed by atoms with E-state index in [-0.39, 0.29) is 17.1 Å². The summed E-state index contributed by atoms with van der Waals surface area (Å²) in [5.74, 6) is -0.576. The summed E-state index contributed by atoms with van der Waals surface area (Å²) in [6.07, 6.45) is -0.774. The Kier molecular flexibility index (Phi) is 5.47. The van der Waals surface area contributed by atoms with Crippen molar-refractivity contribution in [2.24, 2.45) is 0 Å². The van der Waals surface area contributed by atoms with Gasteiger partial charge in [-0.2, -0.15) is 8.42 Å². The summed E-state index contributed by atoms with van der Waals surface area (Å²) in [6.45, 7) is 8.15. The highest BCUT2D eigenvalue weighted by molar-refractivity contribution is 7.86. The lowest BCUT2D eigenvalue weighted by Gasteiger charge is -2.13. The number of esters is 1. The molecule has 0 aliphatic carbocycles. The van der Waals surface area contributed by atoms with Crippen LogP contribution in [0.15, 0.2) is 41.3 Å². The van der Waals surface area contributed by atoms with Gasteiger partial charge >= 0.3 is 5.97 Å². The highest BCUT2D eigenvalue weighted by Gasteiger charge is 2.20. The largest absolute Gasteiger partial charge is 0.460 e. The zero-order valence-electron chi connectivity index (χ0n) is 11.8. The maximum Gasteiger partial charge on any atom is 0.333 e. The number of hydrogen-bond donors (Lipinski definition) is 0. The van der Waals surface area contributed by atoms with E-state index in [1.54, 1.807) is 12.1 Å². The average molecular weight is 298 g/mol. The maximum atomic E-state index is 12.0. The minimum atomic E-state index is -3.86. The Balaban J connectivity index is 2.64. The Labute approximate surface area is 119 Å². The van der Waals surface area contributed by atoms with Crippen molar-refractivity contribution < 1.29 is 22.1 Å². The van der Waals surface area contributed by atoms with Crippen LogP contribution in [0.2, 0.25) is 0 Å². The normalized spacial score (nSPS) is 12.8. The van der Waals surface area contributed by atoms with Gasteiger partial charge in [-0.3, -0.25) is 4.18 Å². The highest BCUT2D eigenvalue weighted by atomic mass is 32.2. The Morgan fingerprint density at radius 2 is 1.85 bits per heavy atom. The summed E-state index contributed by atoms with van der Waals surface area (Å²) >= 11 is 0. The molecular weight excluding hydrogens is 280 g/mol. The van der Waals surface area contributed by atoms with Gasteiger partial charge in [0.15, 0.2) is 0 Å². The predicted molar refractivity (Wildman–Crippen MR) is 74.7 cm³/mol. The number of ether oxygens (including phenoxy) is 1. The molecule has 0 N–H and O–H groups in total. The SMILES string of the molecule is C=C(C)C(=O)OCC(C)OS(=O)(=O)c1ccc(C)cc1. The molecule has 0 aromatic heterocycles. The topological polar surface area (TPSA) is 69.7 Å². The lowest BCUT2D eigenvalue weighted by molar-refractivity contribution is -0.141. The van der Waals surface area contributed by atoms with Crippen molar-refractivity contribution in [3.05, 3.63) is 42.0 Å². The van der Waals surface area contributed by atoms with Gasteiger partial charge in [0, 0.05) is 5.57 Å². The van der Waals surface area contributed by atoms with E-state index in [2.05, 4.69) is 6.58 Å². The van der Waals surface area contributed by atoms with Crippen LogP contribution in [0.3, 0.4) is 0 Å². The number of rotatable bonds is 6. The molecule has 0 radical (unpaired) electrons. The van der Waals surface area contributed by atoms with Crippen LogP contribution in [0.25, 0.3) is 0 Å². The van der Waals surface area contributed by atoms with Crippen molar-refractivity contribution in [2.45, 2.75) is 31.8 Å². The fourth-order valence-corrected chi connectivity index (χ4v) is 2.39. The van der Waals surface area contributed by atoms with Crippen molar-refractivity contribution in [3.63, 3.8) is 0 Å². The van der Waals surface area contributed by atoms with Crippen LogP contribution in [-0.4, -0.2) is 27.1 Å². The maximum absolute atomic E-state index is 12.0. The van der Waals surface area contributed by atoms with E-state index in [1.165, 1.54) is 26.0 Å². The van der Waals surface area contributed by atoms with Crippen molar-refractivity contribution in [2.75, 3.05) is 6.61 Å². The van der Waals surface area contributed by atoms with Gasteiger partial charge in [-0.1, -0.05) is 24.3 Å². The third-order valence-electron chi connectivity index (χ3n) is 2.40. The van der Waals surface area contributed by atoms with E-state index in [0.29, 0.717) is 0 Å². The molecule has 1 rings (SSSR count). The fraction of sp³-hybridized carbons (Fsp3) is 0.357. The molecule has 0 saturated carbocycles. The van der Waals surface area contributed by atoms with Crippen molar-refractivity contribution in [1.82, 2.24) is 0 Å². The molecule has 1 unspecified atom stereocenters. The van der Waals surface area contributed by atoms with E-state index in [9.17, 15) is 13.2 Å². The summed E-state index contributed by atoms with van der Waals surface area (Å²) in [5, 5.41) is 0. The minimum absolute atomic E-state index is 0.0705. The Morgan fingerprint density at radius 1 is 1.30 bits per heavy atom. The molecule has 5 nitrogen and oxygen atoms in total. The second-order valence-electron chi connectivity index (χ2n) is 4.55. The van der Waals surface area contributed by atoms with Crippen molar-refractivity contribution in [3.8, 4) is 0 Å². The monoisotopic (exact) mass is 298 g/mol. The molecule has 0 saturated heterocycles. The van der Waals surface area contributed by atoms with E-state index in [4.69, 9.17) is 8.92 Å². The number of hydrogen-bond acceptors (Lipinski definition) is 5. The lowest BCUT2D eigenvalue weighted by Crippen LogP contribution is -2.22. The first-order valence-electron chi connectivity index (χ1n) is 6.05. The molecule has 1 aromatic rings. The molecule has 110 valence electrons. The molecule has 1 atom stereocenters.